The normalized spacial score (nSPS) is 11.8. The van der Waals surface area contributed by atoms with Gasteiger partial charge in [-0.1, -0.05) is 47.5 Å². The van der Waals surface area contributed by atoms with Crippen molar-refractivity contribution in [3.8, 4) is 17.2 Å². The molecule has 138 valence electrons. The maximum absolute atomic E-state index is 10.2. The molecule has 0 aliphatic rings. The van der Waals surface area contributed by atoms with Crippen molar-refractivity contribution in [1.82, 2.24) is 4.98 Å². The average molecular weight is 409 g/mol. The number of aromatic nitrogens is 1. The van der Waals surface area contributed by atoms with E-state index in [9.17, 15) is 5.11 Å². The van der Waals surface area contributed by atoms with Crippen molar-refractivity contribution in [2.24, 2.45) is 4.99 Å². The molecule has 6 heteroatoms. The van der Waals surface area contributed by atoms with Crippen LogP contribution in [0.3, 0.4) is 0 Å². The van der Waals surface area contributed by atoms with Crippen LogP contribution in [0.2, 0.25) is 10.0 Å². The third-order valence-corrected chi connectivity index (χ3v) is 4.61. The topological polar surface area (TPSA) is 58.6 Å². The van der Waals surface area contributed by atoms with E-state index in [1.54, 1.807) is 42.6 Å². The van der Waals surface area contributed by atoms with Crippen LogP contribution in [0.4, 0.5) is 5.69 Å². The van der Waals surface area contributed by atoms with Gasteiger partial charge in [0.25, 0.3) is 0 Å². The average Bonchev–Trinajstić information content (AvgIpc) is 3.11. The van der Waals surface area contributed by atoms with Crippen molar-refractivity contribution in [3.05, 3.63) is 82.3 Å². The zero-order valence-corrected chi connectivity index (χ0v) is 16.0. The molecule has 1 aromatic heterocycles. The van der Waals surface area contributed by atoms with Crippen LogP contribution in [0.5, 0.6) is 5.75 Å². The molecule has 0 aliphatic heterocycles. The number of aromatic hydroxyl groups is 1. The second kappa shape index (κ2) is 7.89. The molecule has 0 unspecified atom stereocenters. The Balaban J connectivity index is 1.58. The van der Waals surface area contributed by atoms with E-state index in [2.05, 4.69) is 9.98 Å². The lowest BCUT2D eigenvalue weighted by Gasteiger charge is -2.01. The van der Waals surface area contributed by atoms with Gasteiger partial charge < -0.3 is 9.52 Å². The number of aliphatic imine (C=N–C) groups is 1. The first kappa shape index (κ1) is 18.3. The van der Waals surface area contributed by atoms with Crippen LogP contribution in [0.15, 0.2) is 76.1 Å². The lowest BCUT2D eigenvalue weighted by molar-refractivity contribution is 0.474. The Bertz CT molecular complexity index is 1180. The summed E-state index contributed by atoms with van der Waals surface area (Å²) in [5.41, 5.74) is 3.37. The number of nitrogens with zero attached hydrogens (tertiary/aromatic N) is 2. The summed E-state index contributed by atoms with van der Waals surface area (Å²) in [6.45, 7) is 0. The summed E-state index contributed by atoms with van der Waals surface area (Å²) >= 11 is 12.0. The van der Waals surface area contributed by atoms with Crippen molar-refractivity contribution in [2.75, 3.05) is 0 Å². The van der Waals surface area contributed by atoms with Gasteiger partial charge in [-0.25, -0.2) is 4.98 Å². The monoisotopic (exact) mass is 408 g/mol. The number of phenolic OH excluding ortho intramolecular Hbond substituents is 1. The minimum absolute atomic E-state index is 0.0778. The minimum atomic E-state index is 0.0778. The van der Waals surface area contributed by atoms with Crippen LogP contribution < -0.4 is 0 Å². The van der Waals surface area contributed by atoms with Crippen LogP contribution in [-0.4, -0.2) is 16.3 Å². The van der Waals surface area contributed by atoms with Crippen molar-refractivity contribution in [3.63, 3.8) is 0 Å². The zero-order valence-electron chi connectivity index (χ0n) is 14.5. The Morgan fingerprint density at radius 1 is 1.00 bits per heavy atom. The van der Waals surface area contributed by atoms with Gasteiger partial charge in [0.05, 0.1) is 11.3 Å². The van der Waals surface area contributed by atoms with Gasteiger partial charge >= 0.3 is 0 Å². The Morgan fingerprint density at radius 3 is 2.68 bits per heavy atom. The highest BCUT2D eigenvalue weighted by Gasteiger charge is 2.12. The van der Waals surface area contributed by atoms with Crippen molar-refractivity contribution >= 4 is 52.3 Å². The molecule has 28 heavy (non-hydrogen) atoms. The predicted molar refractivity (Wildman–Crippen MR) is 115 cm³/mol. The highest BCUT2D eigenvalue weighted by atomic mass is 35.5. The van der Waals surface area contributed by atoms with Gasteiger partial charge in [-0.3, -0.25) is 4.99 Å². The second-order valence-electron chi connectivity index (χ2n) is 5.99. The lowest BCUT2D eigenvalue weighted by Crippen LogP contribution is -1.79. The standard InChI is InChI=1S/C22H14Cl2N2O2/c23-15-8-7-14(18(24)12-15)4-3-11-25-16-9-10-20(27)17(13-16)22-26-19-5-1-2-6-21(19)28-22/h1-13,27H. The summed E-state index contributed by atoms with van der Waals surface area (Å²) in [4.78, 5) is 8.81. The summed E-state index contributed by atoms with van der Waals surface area (Å²) in [6.07, 6.45) is 5.26. The molecule has 0 spiro atoms. The molecule has 1 N–H and O–H groups in total. The van der Waals surface area contributed by atoms with Crippen LogP contribution in [-0.2, 0) is 0 Å². The molecule has 0 radical (unpaired) electrons. The van der Waals surface area contributed by atoms with Gasteiger partial charge in [0.15, 0.2) is 5.58 Å². The molecule has 4 rings (SSSR count). The van der Waals surface area contributed by atoms with E-state index in [-0.39, 0.29) is 5.75 Å². The summed E-state index contributed by atoms with van der Waals surface area (Å²) < 4.78 is 5.73. The van der Waals surface area contributed by atoms with Crippen LogP contribution in [0, 0.1) is 0 Å². The first-order valence-electron chi connectivity index (χ1n) is 8.45. The minimum Gasteiger partial charge on any atom is -0.507 e. The van der Waals surface area contributed by atoms with Gasteiger partial charge in [0.2, 0.25) is 5.89 Å². The summed E-state index contributed by atoms with van der Waals surface area (Å²) in [5, 5.41) is 11.4. The number of rotatable bonds is 4. The number of phenols is 1. The van der Waals surface area contributed by atoms with Crippen LogP contribution >= 0.6 is 23.2 Å². The molecule has 0 saturated carbocycles. The summed E-state index contributed by atoms with van der Waals surface area (Å²) in [5.74, 6) is 0.424. The van der Waals surface area contributed by atoms with E-state index in [4.69, 9.17) is 27.6 Å². The Labute approximate surface area is 171 Å². The number of hydrogen-bond donors (Lipinski definition) is 1. The largest absolute Gasteiger partial charge is 0.507 e. The lowest BCUT2D eigenvalue weighted by atomic mass is 10.2. The SMILES string of the molecule is Oc1ccc(N=CC=Cc2ccc(Cl)cc2Cl)cc1-c1nc2ccccc2o1. The molecule has 0 aliphatic carbocycles. The molecule has 0 atom stereocenters. The first-order chi connectivity index (χ1) is 13.6. The zero-order chi connectivity index (χ0) is 19.5. The van der Waals surface area contributed by atoms with Gasteiger partial charge in [0, 0.05) is 16.3 Å². The Morgan fingerprint density at radius 2 is 1.86 bits per heavy atom. The van der Waals surface area contributed by atoms with E-state index in [0.29, 0.717) is 32.8 Å². The number of benzene rings is 3. The molecule has 4 nitrogen and oxygen atoms in total. The molecule has 4 aromatic rings. The first-order valence-corrected chi connectivity index (χ1v) is 9.20. The van der Waals surface area contributed by atoms with E-state index >= 15 is 0 Å². The Kier molecular flexibility index (Phi) is 5.15. The van der Waals surface area contributed by atoms with Crippen LogP contribution in [0.25, 0.3) is 28.6 Å². The van der Waals surface area contributed by atoms with Crippen LogP contribution in [0.1, 0.15) is 5.56 Å². The molecule has 0 amide bonds. The molecule has 0 fully saturated rings. The summed E-state index contributed by atoms with van der Waals surface area (Å²) in [6, 6.07) is 17.7. The molecule has 0 saturated heterocycles. The smallest absolute Gasteiger partial charge is 0.231 e. The maximum Gasteiger partial charge on any atom is 0.231 e. The van der Waals surface area contributed by atoms with Crippen molar-refractivity contribution in [1.29, 1.82) is 0 Å². The van der Waals surface area contributed by atoms with E-state index in [0.717, 1.165) is 11.1 Å². The molecular formula is C22H14Cl2N2O2. The quantitative estimate of drug-likeness (QED) is 0.372. The van der Waals surface area contributed by atoms with Gasteiger partial charge in [-0.2, -0.15) is 0 Å². The van der Waals surface area contributed by atoms with E-state index in [1.807, 2.05) is 36.4 Å². The van der Waals surface area contributed by atoms with Gasteiger partial charge in [0.1, 0.15) is 11.3 Å². The van der Waals surface area contributed by atoms with E-state index in [1.165, 1.54) is 0 Å². The number of para-hydroxylation sites is 2. The molecule has 0 bridgehead atoms. The van der Waals surface area contributed by atoms with Crippen molar-refractivity contribution in [2.45, 2.75) is 0 Å². The highest BCUT2D eigenvalue weighted by molar-refractivity contribution is 6.35. The number of allylic oxidation sites excluding steroid dienone is 1. The maximum atomic E-state index is 10.2. The van der Waals surface area contributed by atoms with Gasteiger partial charge in [-0.15, -0.1) is 0 Å². The van der Waals surface area contributed by atoms with Crippen molar-refractivity contribution < 1.29 is 9.52 Å². The fourth-order valence-electron chi connectivity index (χ4n) is 2.68. The molecule has 3 aromatic carbocycles. The number of oxazole rings is 1. The molecular weight excluding hydrogens is 395 g/mol. The van der Waals surface area contributed by atoms with E-state index < -0.39 is 0 Å². The fourth-order valence-corrected chi connectivity index (χ4v) is 3.15. The Hall–Kier alpha value is -3.08. The number of hydrogen-bond acceptors (Lipinski definition) is 4. The molecule has 1 heterocycles. The third-order valence-electron chi connectivity index (χ3n) is 4.05. The predicted octanol–water partition coefficient (Wildman–Crippen LogP) is 6.92. The van der Waals surface area contributed by atoms with Gasteiger partial charge in [-0.05, 0) is 54.1 Å². The second-order valence-corrected chi connectivity index (χ2v) is 6.83. The third kappa shape index (κ3) is 3.93. The highest BCUT2D eigenvalue weighted by Crippen LogP contribution is 2.34. The number of halogens is 2. The summed E-state index contributed by atoms with van der Waals surface area (Å²) in [7, 11) is 0. The number of fused-ring (bicyclic) bond motifs is 1. The fraction of sp³-hybridized carbons (Fsp3) is 0.